The smallest absolute Gasteiger partial charge is 0.137 e. The lowest BCUT2D eigenvalue weighted by Crippen LogP contribution is -2.50. The molecule has 0 atom stereocenters. The number of aromatic nitrogens is 2. The fourth-order valence-electron chi connectivity index (χ4n) is 4.40. The van der Waals surface area contributed by atoms with E-state index in [1.807, 2.05) is 18.3 Å². The average Bonchev–Trinajstić information content (AvgIpc) is 2.71. The molecule has 2 fully saturated rings. The normalized spacial score (nSPS) is 21.1. The Morgan fingerprint density at radius 3 is 2.63 bits per heavy atom. The quantitative estimate of drug-likeness (QED) is 0.882. The molecule has 0 radical (unpaired) electrons. The van der Waals surface area contributed by atoms with Crippen LogP contribution in [0.3, 0.4) is 0 Å². The molecule has 0 unspecified atom stereocenters. The van der Waals surface area contributed by atoms with E-state index < -0.39 is 0 Å². The van der Waals surface area contributed by atoms with Gasteiger partial charge in [0.05, 0.1) is 6.20 Å². The van der Waals surface area contributed by atoms with Gasteiger partial charge in [0, 0.05) is 43.1 Å². The van der Waals surface area contributed by atoms with Crippen LogP contribution in [0.5, 0.6) is 5.75 Å². The summed E-state index contributed by atoms with van der Waals surface area (Å²) in [5.74, 6) is 0.884. The second-order valence-electron chi connectivity index (χ2n) is 8.03. The molecule has 5 nitrogen and oxygen atoms in total. The van der Waals surface area contributed by atoms with Crippen LogP contribution in [0.1, 0.15) is 36.9 Å². The molecule has 5 heteroatoms. The lowest BCUT2D eigenvalue weighted by Gasteiger charge is -2.43. The van der Waals surface area contributed by atoms with Crippen molar-refractivity contribution in [3.63, 3.8) is 0 Å². The molecule has 0 bridgehead atoms. The number of piperidine rings is 2. The number of hydrogen-bond donors (Lipinski definition) is 1. The first-order valence-corrected chi connectivity index (χ1v) is 10.2. The Balaban J connectivity index is 1.39. The highest BCUT2D eigenvalue weighted by Gasteiger charge is 2.37. The molecule has 2 aromatic rings. The van der Waals surface area contributed by atoms with Crippen LogP contribution in [-0.2, 0) is 5.41 Å². The van der Waals surface area contributed by atoms with E-state index in [9.17, 15) is 0 Å². The molecular formula is C22H30N4O. The molecule has 1 N–H and O–H groups in total. The lowest BCUT2D eigenvalue weighted by atomic mass is 9.75. The monoisotopic (exact) mass is 366 g/mol. The first-order valence-electron chi connectivity index (χ1n) is 10.2. The van der Waals surface area contributed by atoms with Crippen LogP contribution < -0.4 is 10.1 Å². The number of likely N-dealkylation sites (tertiary alicyclic amines) is 1. The van der Waals surface area contributed by atoms with Gasteiger partial charge in [-0.3, -0.25) is 9.97 Å². The Hall–Kier alpha value is -1.98. The highest BCUT2D eigenvalue weighted by Crippen LogP contribution is 2.34. The van der Waals surface area contributed by atoms with Crippen molar-refractivity contribution in [2.45, 2.75) is 44.1 Å². The highest BCUT2D eigenvalue weighted by molar-refractivity contribution is 5.23. The second kappa shape index (κ2) is 8.36. The number of rotatable bonds is 5. The van der Waals surface area contributed by atoms with E-state index in [1.165, 1.54) is 11.3 Å². The van der Waals surface area contributed by atoms with Crippen molar-refractivity contribution in [1.29, 1.82) is 0 Å². The van der Waals surface area contributed by atoms with E-state index in [0.29, 0.717) is 6.10 Å². The van der Waals surface area contributed by atoms with E-state index in [1.54, 1.807) is 12.4 Å². The third kappa shape index (κ3) is 4.47. The maximum atomic E-state index is 6.11. The number of nitrogens with zero attached hydrogens (tertiary/aromatic N) is 3. The van der Waals surface area contributed by atoms with Crippen molar-refractivity contribution >= 4 is 0 Å². The van der Waals surface area contributed by atoms with Crippen molar-refractivity contribution in [1.82, 2.24) is 20.2 Å². The first kappa shape index (κ1) is 18.4. The topological polar surface area (TPSA) is 50.3 Å². The summed E-state index contributed by atoms with van der Waals surface area (Å²) in [7, 11) is 0. The van der Waals surface area contributed by atoms with Crippen LogP contribution >= 0.6 is 0 Å². The van der Waals surface area contributed by atoms with Gasteiger partial charge in [-0.15, -0.1) is 0 Å². The van der Waals surface area contributed by atoms with Gasteiger partial charge in [-0.2, -0.15) is 0 Å². The predicted octanol–water partition coefficient (Wildman–Crippen LogP) is 2.95. The van der Waals surface area contributed by atoms with E-state index in [0.717, 1.165) is 64.2 Å². The van der Waals surface area contributed by atoms with Crippen LogP contribution in [0.4, 0.5) is 0 Å². The van der Waals surface area contributed by atoms with Gasteiger partial charge < -0.3 is 15.0 Å². The van der Waals surface area contributed by atoms with Gasteiger partial charge in [0.15, 0.2) is 0 Å². The van der Waals surface area contributed by atoms with Crippen LogP contribution in [0.2, 0.25) is 0 Å². The Morgan fingerprint density at radius 2 is 1.96 bits per heavy atom. The van der Waals surface area contributed by atoms with E-state index in [2.05, 4.69) is 34.3 Å². The summed E-state index contributed by atoms with van der Waals surface area (Å²) in [6.07, 6.45) is 10.4. The standard InChI is InChI=1S/C22H30N4O/c1-18-4-5-21(25-15-18)22(8-11-23-12-9-22)17-26-13-6-19(7-14-26)27-20-3-2-10-24-16-20/h2-5,10,15-16,19,23H,6-9,11-14,17H2,1H3. The minimum Gasteiger partial charge on any atom is -0.489 e. The number of pyridine rings is 2. The third-order valence-corrected chi connectivity index (χ3v) is 6.01. The zero-order valence-electron chi connectivity index (χ0n) is 16.2. The van der Waals surface area contributed by atoms with Gasteiger partial charge in [-0.25, -0.2) is 0 Å². The second-order valence-corrected chi connectivity index (χ2v) is 8.03. The number of nitrogens with one attached hydrogen (secondary N) is 1. The van der Waals surface area contributed by atoms with Crippen LogP contribution in [0, 0.1) is 6.92 Å². The number of aryl methyl sites for hydroxylation is 1. The van der Waals surface area contributed by atoms with Gasteiger partial charge in [-0.1, -0.05) is 6.07 Å². The van der Waals surface area contributed by atoms with E-state index in [4.69, 9.17) is 9.72 Å². The summed E-state index contributed by atoms with van der Waals surface area (Å²) in [4.78, 5) is 11.6. The molecule has 0 amide bonds. The largest absolute Gasteiger partial charge is 0.489 e. The summed E-state index contributed by atoms with van der Waals surface area (Å²) in [5.41, 5.74) is 2.68. The zero-order valence-corrected chi connectivity index (χ0v) is 16.2. The van der Waals surface area contributed by atoms with Gasteiger partial charge in [0.25, 0.3) is 0 Å². The van der Waals surface area contributed by atoms with Gasteiger partial charge in [-0.05, 0) is 69.5 Å². The SMILES string of the molecule is Cc1ccc(C2(CN3CCC(Oc4cccnc4)CC3)CCNCC2)nc1. The molecule has 4 heterocycles. The Kier molecular flexibility index (Phi) is 5.69. The first-order chi connectivity index (χ1) is 13.2. The zero-order chi connectivity index (χ0) is 18.5. The fourth-order valence-corrected chi connectivity index (χ4v) is 4.40. The molecule has 0 aliphatic carbocycles. The molecule has 0 aromatic carbocycles. The Morgan fingerprint density at radius 1 is 1.15 bits per heavy atom. The number of hydrogen-bond acceptors (Lipinski definition) is 5. The summed E-state index contributed by atoms with van der Waals surface area (Å²) >= 11 is 0. The molecule has 4 rings (SSSR count). The van der Waals surface area contributed by atoms with Crippen LogP contribution in [-0.4, -0.2) is 53.7 Å². The maximum Gasteiger partial charge on any atom is 0.137 e. The Labute approximate surface area is 162 Å². The Bertz CT molecular complexity index is 705. The predicted molar refractivity (Wildman–Crippen MR) is 107 cm³/mol. The highest BCUT2D eigenvalue weighted by atomic mass is 16.5. The van der Waals surface area contributed by atoms with Crippen molar-refractivity contribution in [2.75, 3.05) is 32.7 Å². The van der Waals surface area contributed by atoms with Crippen molar-refractivity contribution in [3.05, 3.63) is 54.1 Å². The maximum absolute atomic E-state index is 6.11. The van der Waals surface area contributed by atoms with Gasteiger partial charge >= 0.3 is 0 Å². The summed E-state index contributed by atoms with van der Waals surface area (Å²) in [5, 5.41) is 3.52. The van der Waals surface area contributed by atoms with Crippen LogP contribution in [0.25, 0.3) is 0 Å². The summed E-state index contributed by atoms with van der Waals surface area (Å²) in [6, 6.07) is 8.38. The molecular weight excluding hydrogens is 336 g/mol. The van der Waals surface area contributed by atoms with Gasteiger partial charge in [0.2, 0.25) is 0 Å². The van der Waals surface area contributed by atoms with Gasteiger partial charge in [0.1, 0.15) is 11.9 Å². The molecule has 27 heavy (non-hydrogen) atoms. The van der Waals surface area contributed by atoms with Crippen LogP contribution in [0.15, 0.2) is 42.9 Å². The minimum atomic E-state index is 0.177. The molecule has 2 aliphatic rings. The molecule has 0 spiro atoms. The summed E-state index contributed by atoms with van der Waals surface area (Å²) in [6.45, 7) is 7.55. The third-order valence-electron chi connectivity index (χ3n) is 6.01. The van der Waals surface area contributed by atoms with Crippen molar-refractivity contribution in [2.24, 2.45) is 0 Å². The van der Waals surface area contributed by atoms with Crippen molar-refractivity contribution in [3.8, 4) is 5.75 Å². The minimum absolute atomic E-state index is 0.177. The number of ether oxygens (including phenoxy) is 1. The van der Waals surface area contributed by atoms with E-state index >= 15 is 0 Å². The molecule has 2 aliphatic heterocycles. The molecule has 0 saturated carbocycles. The average molecular weight is 367 g/mol. The summed E-state index contributed by atoms with van der Waals surface area (Å²) < 4.78 is 6.11. The molecule has 2 saturated heterocycles. The fraction of sp³-hybridized carbons (Fsp3) is 0.545. The molecule has 2 aromatic heterocycles. The molecule has 144 valence electrons. The van der Waals surface area contributed by atoms with Crippen molar-refractivity contribution < 1.29 is 4.74 Å². The lowest BCUT2D eigenvalue weighted by molar-refractivity contribution is 0.0780. The van der Waals surface area contributed by atoms with E-state index in [-0.39, 0.29) is 5.41 Å².